The highest BCUT2D eigenvalue weighted by Crippen LogP contribution is 2.41. The summed E-state index contributed by atoms with van der Waals surface area (Å²) in [6, 6.07) is 1.87. The van der Waals surface area contributed by atoms with Crippen LogP contribution in [0.2, 0.25) is 0 Å². The number of hydrogen-bond acceptors (Lipinski definition) is 5. The summed E-state index contributed by atoms with van der Waals surface area (Å²) in [5.74, 6) is -1.000. The first-order valence-electron chi connectivity index (χ1n) is 9.28. The summed E-state index contributed by atoms with van der Waals surface area (Å²) in [5, 5.41) is 14.1. The molecule has 1 unspecified atom stereocenters. The van der Waals surface area contributed by atoms with E-state index >= 15 is 0 Å². The van der Waals surface area contributed by atoms with Gasteiger partial charge in [0.15, 0.2) is 0 Å². The van der Waals surface area contributed by atoms with Crippen molar-refractivity contribution in [2.24, 2.45) is 5.92 Å². The fourth-order valence-electron chi connectivity index (χ4n) is 3.68. The van der Waals surface area contributed by atoms with E-state index in [-0.39, 0.29) is 18.4 Å². The van der Waals surface area contributed by atoms with Crippen LogP contribution in [-0.2, 0) is 4.79 Å². The molecule has 26 heavy (non-hydrogen) atoms. The summed E-state index contributed by atoms with van der Waals surface area (Å²) in [4.78, 5) is 30.9. The molecule has 1 saturated carbocycles. The molecule has 0 aromatic carbocycles. The molecule has 0 spiro atoms. The quantitative estimate of drug-likeness (QED) is 0.903. The second-order valence-corrected chi connectivity index (χ2v) is 7.70. The van der Waals surface area contributed by atoms with E-state index in [4.69, 9.17) is 4.52 Å². The molecule has 7 nitrogen and oxygen atoms in total. The Morgan fingerprint density at radius 1 is 1.31 bits per heavy atom. The predicted molar refractivity (Wildman–Crippen MR) is 94.1 cm³/mol. The highest BCUT2D eigenvalue weighted by Gasteiger charge is 2.33. The van der Waals surface area contributed by atoms with Crippen molar-refractivity contribution in [2.45, 2.75) is 51.4 Å². The van der Waals surface area contributed by atoms with Crippen LogP contribution in [0.5, 0.6) is 0 Å². The molecule has 7 heteroatoms. The van der Waals surface area contributed by atoms with Gasteiger partial charge in [-0.2, -0.15) is 0 Å². The van der Waals surface area contributed by atoms with Crippen LogP contribution in [0.15, 0.2) is 10.6 Å². The second-order valence-electron chi connectivity index (χ2n) is 7.70. The van der Waals surface area contributed by atoms with E-state index in [1.807, 2.05) is 19.9 Å². The molecule has 0 bridgehead atoms. The molecule has 138 valence electrons. The molecule has 1 aliphatic heterocycles. The molecule has 4 rings (SSSR count). The normalized spacial score (nSPS) is 20.7. The van der Waals surface area contributed by atoms with E-state index in [1.54, 1.807) is 4.90 Å². The molecular weight excluding hydrogens is 334 g/mol. The van der Waals surface area contributed by atoms with Gasteiger partial charge in [-0.1, -0.05) is 19.0 Å². The van der Waals surface area contributed by atoms with Crippen LogP contribution < -0.4 is 0 Å². The zero-order chi connectivity index (χ0) is 18.4. The average Bonchev–Trinajstić information content (AvgIpc) is 3.39. The second kappa shape index (κ2) is 6.37. The van der Waals surface area contributed by atoms with Crippen molar-refractivity contribution < 1.29 is 19.2 Å². The molecule has 1 aliphatic carbocycles. The molecule has 0 radical (unpaired) electrons. The summed E-state index contributed by atoms with van der Waals surface area (Å²) in [7, 11) is 0. The number of amides is 1. The molecule has 2 aromatic rings. The number of piperidine rings is 1. The molecule has 1 atom stereocenters. The predicted octanol–water partition coefficient (Wildman–Crippen LogP) is 3.16. The number of carbonyl (C=O) groups is 2. The standard InChI is InChI=1S/C19H23N3O4/c1-10(2)16-15-13(8-14(11-5-6-11)20-17(15)26-21-16)18(23)22-7-3-4-12(9-22)19(24)25/h8,10-12H,3-7,9H2,1-2H3,(H,24,25). The maximum Gasteiger partial charge on any atom is 0.308 e. The van der Waals surface area contributed by atoms with E-state index in [9.17, 15) is 14.7 Å². The maximum absolute atomic E-state index is 13.3. The first-order valence-corrected chi connectivity index (χ1v) is 9.28. The van der Waals surface area contributed by atoms with Gasteiger partial charge in [-0.15, -0.1) is 0 Å². The summed E-state index contributed by atoms with van der Waals surface area (Å²) in [6.45, 7) is 4.83. The number of carboxylic acids is 1. The van der Waals surface area contributed by atoms with Gasteiger partial charge in [0, 0.05) is 24.7 Å². The highest BCUT2D eigenvalue weighted by molar-refractivity contribution is 6.06. The van der Waals surface area contributed by atoms with Crippen molar-refractivity contribution in [2.75, 3.05) is 13.1 Å². The number of hydrogen-bond donors (Lipinski definition) is 1. The van der Waals surface area contributed by atoms with Gasteiger partial charge in [0.05, 0.1) is 22.6 Å². The Labute approximate surface area is 151 Å². The van der Waals surface area contributed by atoms with Crippen LogP contribution in [0.3, 0.4) is 0 Å². The van der Waals surface area contributed by atoms with Crippen molar-refractivity contribution in [3.63, 3.8) is 0 Å². The Morgan fingerprint density at radius 2 is 2.08 bits per heavy atom. The number of fused-ring (bicyclic) bond motifs is 1. The van der Waals surface area contributed by atoms with Crippen LogP contribution in [0.4, 0.5) is 0 Å². The number of aliphatic carboxylic acids is 1. The summed E-state index contributed by atoms with van der Waals surface area (Å²) in [6.07, 6.45) is 3.46. The number of rotatable bonds is 4. The Morgan fingerprint density at radius 3 is 2.73 bits per heavy atom. The monoisotopic (exact) mass is 357 g/mol. The summed E-state index contributed by atoms with van der Waals surface area (Å²) >= 11 is 0. The lowest BCUT2D eigenvalue weighted by Crippen LogP contribution is -2.42. The Balaban J connectivity index is 1.77. The lowest BCUT2D eigenvalue weighted by Gasteiger charge is -2.31. The van der Waals surface area contributed by atoms with Gasteiger partial charge in [-0.3, -0.25) is 9.59 Å². The van der Waals surface area contributed by atoms with E-state index in [2.05, 4.69) is 10.1 Å². The first-order chi connectivity index (χ1) is 12.5. The summed E-state index contributed by atoms with van der Waals surface area (Å²) < 4.78 is 5.44. The SMILES string of the molecule is CC(C)c1noc2nc(C3CC3)cc(C(=O)N3CCCC(C(=O)O)C3)c12. The van der Waals surface area contributed by atoms with Crippen molar-refractivity contribution >= 4 is 23.0 Å². The molecule has 1 saturated heterocycles. The first kappa shape index (κ1) is 17.0. The topological polar surface area (TPSA) is 96.5 Å². The number of aromatic nitrogens is 2. The lowest BCUT2D eigenvalue weighted by atomic mass is 9.96. The van der Waals surface area contributed by atoms with Crippen LogP contribution >= 0.6 is 0 Å². The van der Waals surface area contributed by atoms with E-state index in [0.717, 1.165) is 24.2 Å². The minimum Gasteiger partial charge on any atom is -0.481 e. The maximum atomic E-state index is 13.3. The average molecular weight is 357 g/mol. The van der Waals surface area contributed by atoms with Gasteiger partial charge in [-0.05, 0) is 37.7 Å². The zero-order valence-electron chi connectivity index (χ0n) is 15.1. The zero-order valence-corrected chi connectivity index (χ0v) is 15.1. The molecule has 1 N–H and O–H groups in total. The number of carbonyl (C=O) groups excluding carboxylic acids is 1. The van der Waals surface area contributed by atoms with Crippen molar-refractivity contribution in [1.82, 2.24) is 15.0 Å². The van der Waals surface area contributed by atoms with Crippen LogP contribution in [0.1, 0.15) is 73.1 Å². The van der Waals surface area contributed by atoms with Crippen LogP contribution in [0.25, 0.3) is 11.1 Å². The molecule has 3 heterocycles. The van der Waals surface area contributed by atoms with E-state index < -0.39 is 11.9 Å². The molecule has 1 amide bonds. The fourth-order valence-corrected chi connectivity index (χ4v) is 3.68. The highest BCUT2D eigenvalue weighted by atomic mass is 16.5. The largest absolute Gasteiger partial charge is 0.481 e. The third kappa shape index (κ3) is 2.95. The molecule has 2 aliphatic rings. The number of likely N-dealkylation sites (tertiary alicyclic amines) is 1. The van der Waals surface area contributed by atoms with Crippen LogP contribution in [0, 0.1) is 5.92 Å². The van der Waals surface area contributed by atoms with Gasteiger partial charge in [0.1, 0.15) is 0 Å². The minimum absolute atomic E-state index is 0.101. The summed E-state index contributed by atoms with van der Waals surface area (Å²) in [5.41, 5.74) is 2.56. The smallest absolute Gasteiger partial charge is 0.308 e. The third-order valence-corrected chi connectivity index (χ3v) is 5.32. The third-order valence-electron chi connectivity index (χ3n) is 5.32. The van der Waals surface area contributed by atoms with Crippen molar-refractivity contribution in [3.8, 4) is 0 Å². The van der Waals surface area contributed by atoms with Gasteiger partial charge in [0.2, 0.25) is 0 Å². The van der Waals surface area contributed by atoms with Gasteiger partial charge < -0.3 is 14.5 Å². The number of carboxylic acid groups (broad SMARTS) is 1. The van der Waals surface area contributed by atoms with Gasteiger partial charge >= 0.3 is 5.97 Å². The van der Waals surface area contributed by atoms with Gasteiger partial charge in [-0.25, -0.2) is 4.98 Å². The Hall–Kier alpha value is -2.44. The Kier molecular flexibility index (Phi) is 4.17. The van der Waals surface area contributed by atoms with Crippen LogP contribution in [-0.4, -0.2) is 45.1 Å². The Bertz CT molecular complexity index is 869. The fraction of sp³-hybridized carbons (Fsp3) is 0.579. The van der Waals surface area contributed by atoms with Crippen molar-refractivity contribution in [1.29, 1.82) is 0 Å². The van der Waals surface area contributed by atoms with Gasteiger partial charge in [0.25, 0.3) is 11.6 Å². The molecule has 2 aromatic heterocycles. The number of nitrogens with zero attached hydrogens (tertiary/aromatic N) is 3. The minimum atomic E-state index is -0.839. The van der Waals surface area contributed by atoms with E-state index in [0.29, 0.717) is 42.0 Å². The number of pyridine rings is 1. The van der Waals surface area contributed by atoms with Crippen molar-refractivity contribution in [3.05, 3.63) is 23.0 Å². The molecular formula is C19H23N3O4. The molecule has 2 fully saturated rings. The lowest BCUT2D eigenvalue weighted by molar-refractivity contribution is -0.143. The van der Waals surface area contributed by atoms with E-state index in [1.165, 1.54) is 0 Å².